The van der Waals surface area contributed by atoms with Gasteiger partial charge in [0.25, 0.3) is 5.91 Å². The van der Waals surface area contributed by atoms with Crippen LogP contribution < -0.4 is 10.0 Å². The van der Waals surface area contributed by atoms with Gasteiger partial charge in [-0.15, -0.1) is 0 Å². The van der Waals surface area contributed by atoms with Crippen LogP contribution in [0.3, 0.4) is 0 Å². The SMILES string of the molecule is CC(C)(C(CO)NC(=O)c1nn(-c2c[n+]([O-])ccn2)c2c1CC1CCCC21)C(F)(F)F. The molecule has 0 radical (unpaired) electrons. The number of nitrogens with one attached hydrogen (secondary N) is 1. The van der Waals surface area contributed by atoms with Crippen LogP contribution in [0, 0.1) is 16.5 Å². The summed E-state index contributed by atoms with van der Waals surface area (Å²) in [5, 5.41) is 28.0. The number of hydrogen-bond donors (Lipinski definition) is 2. The number of amides is 1. The van der Waals surface area contributed by atoms with Gasteiger partial charge in [0.1, 0.15) is 0 Å². The summed E-state index contributed by atoms with van der Waals surface area (Å²) in [5.41, 5.74) is -0.850. The van der Waals surface area contributed by atoms with E-state index in [0.717, 1.165) is 38.8 Å². The number of aliphatic hydroxyl groups is 1. The summed E-state index contributed by atoms with van der Waals surface area (Å²) in [7, 11) is 0. The van der Waals surface area contributed by atoms with Gasteiger partial charge in [-0.3, -0.25) is 4.79 Å². The number of hydrogen-bond acceptors (Lipinski definition) is 5. The fraction of sp³-hybridized carbons (Fsp3) is 0.600. The molecule has 0 saturated heterocycles. The molecule has 2 aromatic rings. The maximum atomic E-state index is 13.4. The third kappa shape index (κ3) is 3.54. The van der Waals surface area contributed by atoms with Gasteiger partial charge in [0.2, 0.25) is 12.0 Å². The molecule has 2 N–H and O–H groups in total. The third-order valence-electron chi connectivity index (χ3n) is 6.68. The lowest BCUT2D eigenvalue weighted by Crippen LogP contribution is -2.54. The molecule has 2 aliphatic rings. The maximum Gasteiger partial charge on any atom is 0.396 e. The number of fused-ring (bicyclic) bond motifs is 3. The van der Waals surface area contributed by atoms with Crippen LogP contribution in [0.2, 0.25) is 0 Å². The molecule has 4 rings (SSSR count). The Hall–Kier alpha value is -2.69. The molecule has 0 spiro atoms. The molecule has 0 aliphatic heterocycles. The van der Waals surface area contributed by atoms with Gasteiger partial charge in [0, 0.05) is 11.5 Å². The maximum absolute atomic E-state index is 13.4. The second-order valence-electron chi connectivity index (χ2n) is 8.83. The van der Waals surface area contributed by atoms with Crippen LogP contribution in [0.1, 0.15) is 60.8 Å². The van der Waals surface area contributed by atoms with Crippen LogP contribution >= 0.6 is 0 Å². The van der Waals surface area contributed by atoms with Crippen LogP contribution in [0.5, 0.6) is 0 Å². The van der Waals surface area contributed by atoms with Crippen molar-refractivity contribution in [3.05, 3.63) is 40.7 Å². The first-order valence-corrected chi connectivity index (χ1v) is 10.2. The van der Waals surface area contributed by atoms with Gasteiger partial charge in [-0.1, -0.05) is 6.42 Å². The van der Waals surface area contributed by atoms with Crippen molar-refractivity contribution in [1.29, 1.82) is 0 Å². The molecule has 1 fully saturated rings. The quantitative estimate of drug-likeness (QED) is 0.548. The summed E-state index contributed by atoms with van der Waals surface area (Å²) >= 11 is 0. The first-order chi connectivity index (χ1) is 14.5. The van der Waals surface area contributed by atoms with Gasteiger partial charge in [-0.25, -0.2) is 9.67 Å². The Morgan fingerprint density at radius 2 is 2.16 bits per heavy atom. The molecule has 3 atom stereocenters. The molecule has 2 heterocycles. The van der Waals surface area contributed by atoms with E-state index in [9.17, 15) is 28.3 Å². The van der Waals surface area contributed by atoms with Crippen LogP contribution in [0.4, 0.5) is 13.2 Å². The minimum Gasteiger partial charge on any atom is -0.619 e. The average Bonchev–Trinajstić information content (AvgIpc) is 3.36. The highest BCUT2D eigenvalue weighted by atomic mass is 19.4. The molecule has 2 aliphatic carbocycles. The fourth-order valence-corrected chi connectivity index (χ4v) is 4.66. The zero-order valence-electron chi connectivity index (χ0n) is 17.2. The lowest BCUT2D eigenvalue weighted by atomic mass is 9.84. The Bertz CT molecular complexity index is 1000. The van der Waals surface area contributed by atoms with Gasteiger partial charge >= 0.3 is 6.18 Å². The minimum atomic E-state index is -4.62. The monoisotopic (exact) mass is 439 g/mol. The highest BCUT2D eigenvalue weighted by Crippen LogP contribution is 2.49. The number of nitrogens with zero attached hydrogens (tertiary/aromatic N) is 4. The standard InChI is InChI=1S/C20H24F3N5O3/c1-19(2,20(21,22)23)14(10-29)25-18(30)16-13-8-11-4-3-5-12(11)17(13)28(26-16)15-9-27(31)7-6-24-15/h6-7,9,11-12,14,29H,3-5,8,10H2,1-2H3,(H,25,30). The summed E-state index contributed by atoms with van der Waals surface area (Å²) < 4.78 is 42.4. The smallest absolute Gasteiger partial charge is 0.396 e. The van der Waals surface area contributed by atoms with Crippen LogP contribution in [0.25, 0.3) is 5.82 Å². The van der Waals surface area contributed by atoms with Crippen molar-refractivity contribution >= 4 is 5.91 Å². The summed E-state index contributed by atoms with van der Waals surface area (Å²) in [6.07, 6.45) is 2.70. The fourth-order valence-electron chi connectivity index (χ4n) is 4.66. The zero-order chi connectivity index (χ0) is 22.6. The Morgan fingerprint density at radius 3 is 2.81 bits per heavy atom. The molecule has 1 saturated carbocycles. The van der Waals surface area contributed by atoms with Crippen molar-refractivity contribution in [2.24, 2.45) is 11.3 Å². The first-order valence-electron chi connectivity index (χ1n) is 10.2. The van der Waals surface area contributed by atoms with E-state index in [1.165, 1.54) is 23.3 Å². The number of aromatic nitrogens is 4. The van der Waals surface area contributed by atoms with Crippen molar-refractivity contribution < 1.29 is 27.8 Å². The molecule has 0 bridgehead atoms. The topological polar surface area (TPSA) is 107 Å². The lowest BCUT2D eigenvalue weighted by Gasteiger charge is -2.35. The molecular weight excluding hydrogens is 415 g/mol. The second kappa shape index (κ2) is 7.47. The van der Waals surface area contributed by atoms with E-state index in [1.54, 1.807) is 0 Å². The molecule has 2 aromatic heterocycles. The number of rotatable bonds is 5. The van der Waals surface area contributed by atoms with Gasteiger partial charge < -0.3 is 15.6 Å². The summed E-state index contributed by atoms with van der Waals surface area (Å²) in [6.45, 7) is 0.994. The predicted molar refractivity (Wildman–Crippen MR) is 102 cm³/mol. The van der Waals surface area contributed by atoms with E-state index in [0.29, 0.717) is 22.6 Å². The van der Waals surface area contributed by atoms with Crippen LogP contribution in [-0.2, 0) is 6.42 Å². The predicted octanol–water partition coefficient (Wildman–Crippen LogP) is 2.02. The largest absolute Gasteiger partial charge is 0.619 e. The Balaban J connectivity index is 1.73. The Labute approximate surface area is 176 Å². The summed E-state index contributed by atoms with van der Waals surface area (Å²) in [6, 6.07) is -1.54. The van der Waals surface area contributed by atoms with Gasteiger partial charge in [-0.05, 0) is 39.0 Å². The highest BCUT2D eigenvalue weighted by Gasteiger charge is 2.53. The number of alkyl halides is 3. The molecule has 11 heteroatoms. The van der Waals surface area contributed by atoms with Crippen LogP contribution in [0.15, 0.2) is 18.6 Å². The van der Waals surface area contributed by atoms with Gasteiger partial charge in [0.05, 0.1) is 30.0 Å². The number of halogens is 3. The van der Waals surface area contributed by atoms with E-state index in [4.69, 9.17) is 0 Å². The van der Waals surface area contributed by atoms with Crippen molar-refractivity contribution in [3.8, 4) is 5.82 Å². The van der Waals surface area contributed by atoms with Gasteiger partial charge in [-0.2, -0.15) is 23.0 Å². The molecule has 168 valence electrons. The van der Waals surface area contributed by atoms with E-state index in [1.807, 2.05) is 0 Å². The molecule has 1 amide bonds. The van der Waals surface area contributed by atoms with Crippen LogP contribution in [-0.4, -0.2) is 44.6 Å². The molecule has 0 aromatic carbocycles. The van der Waals surface area contributed by atoms with E-state index >= 15 is 0 Å². The van der Waals surface area contributed by atoms with Crippen molar-refractivity contribution in [2.45, 2.75) is 57.7 Å². The lowest BCUT2D eigenvalue weighted by molar-refractivity contribution is -0.605. The molecule has 8 nitrogen and oxygen atoms in total. The second-order valence-corrected chi connectivity index (χ2v) is 8.83. The Morgan fingerprint density at radius 1 is 1.42 bits per heavy atom. The van der Waals surface area contributed by atoms with E-state index in [2.05, 4.69) is 15.4 Å². The molecule has 31 heavy (non-hydrogen) atoms. The van der Waals surface area contributed by atoms with E-state index < -0.39 is 30.1 Å². The number of carbonyl (C=O) groups is 1. The normalized spacial score (nSPS) is 21.6. The summed E-state index contributed by atoms with van der Waals surface area (Å²) in [4.78, 5) is 17.2. The average molecular weight is 439 g/mol. The van der Waals surface area contributed by atoms with Crippen molar-refractivity contribution in [2.75, 3.05) is 6.61 Å². The third-order valence-corrected chi connectivity index (χ3v) is 6.68. The number of carbonyl (C=O) groups excluding carboxylic acids is 1. The van der Waals surface area contributed by atoms with Gasteiger partial charge in [0.15, 0.2) is 11.9 Å². The van der Waals surface area contributed by atoms with Crippen molar-refractivity contribution in [3.63, 3.8) is 0 Å². The number of aliphatic hydroxyl groups excluding tert-OH is 1. The molecule has 3 unspecified atom stereocenters. The van der Waals surface area contributed by atoms with Crippen molar-refractivity contribution in [1.82, 2.24) is 20.1 Å². The first kappa shape index (κ1) is 21.5. The van der Waals surface area contributed by atoms with E-state index in [-0.39, 0.29) is 17.4 Å². The Kier molecular flexibility index (Phi) is 5.19. The summed E-state index contributed by atoms with van der Waals surface area (Å²) in [5.74, 6) is -0.0486. The zero-order valence-corrected chi connectivity index (χ0v) is 17.2. The molecular formula is C20H24F3N5O3. The minimum absolute atomic E-state index is 0.0175. The highest BCUT2D eigenvalue weighted by molar-refractivity contribution is 5.94.